The molecule has 0 aromatic rings. The molecule has 0 unspecified atom stereocenters. The number of hydrogen-bond donors (Lipinski definition) is 1. The van der Waals surface area contributed by atoms with Crippen LogP contribution in [0.15, 0.2) is 0 Å². The molecule has 1 heterocycles. The molecule has 0 bridgehead atoms. The SMILES string of the molecule is C#CCN(CC)C(=O)C1(CCC)CCNCC1. The molecule has 96 valence electrons. The summed E-state index contributed by atoms with van der Waals surface area (Å²) < 4.78 is 0. The van der Waals surface area contributed by atoms with Gasteiger partial charge in [0, 0.05) is 6.54 Å². The number of terminal acetylenes is 1. The van der Waals surface area contributed by atoms with E-state index < -0.39 is 0 Å². The zero-order valence-electron chi connectivity index (χ0n) is 11.1. The highest BCUT2D eigenvalue weighted by atomic mass is 16.2. The number of nitrogens with one attached hydrogen (secondary N) is 1. The van der Waals surface area contributed by atoms with Crippen LogP contribution < -0.4 is 5.32 Å². The number of carbonyl (C=O) groups is 1. The zero-order valence-corrected chi connectivity index (χ0v) is 11.1. The van der Waals surface area contributed by atoms with Crippen LogP contribution in [0.1, 0.15) is 39.5 Å². The van der Waals surface area contributed by atoms with E-state index in [1.54, 1.807) is 0 Å². The average molecular weight is 236 g/mol. The van der Waals surface area contributed by atoms with Crippen molar-refractivity contribution in [2.24, 2.45) is 5.41 Å². The number of hydrogen-bond acceptors (Lipinski definition) is 2. The lowest BCUT2D eigenvalue weighted by atomic mass is 9.74. The van der Waals surface area contributed by atoms with Crippen LogP contribution in [0.5, 0.6) is 0 Å². The monoisotopic (exact) mass is 236 g/mol. The molecule has 1 aliphatic heterocycles. The molecule has 17 heavy (non-hydrogen) atoms. The van der Waals surface area contributed by atoms with Crippen molar-refractivity contribution in [3.8, 4) is 12.3 Å². The summed E-state index contributed by atoms with van der Waals surface area (Å²) in [5, 5.41) is 3.33. The topological polar surface area (TPSA) is 32.3 Å². The summed E-state index contributed by atoms with van der Waals surface area (Å²) in [6.45, 7) is 7.18. The molecule has 3 nitrogen and oxygen atoms in total. The summed E-state index contributed by atoms with van der Waals surface area (Å²) in [4.78, 5) is 14.5. The van der Waals surface area contributed by atoms with Crippen molar-refractivity contribution in [1.29, 1.82) is 0 Å². The van der Waals surface area contributed by atoms with Gasteiger partial charge in [0.05, 0.1) is 12.0 Å². The first-order chi connectivity index (χ1) is 8.20. The smallest absolute Gasteiger partial charge is 0.229 e. The van der Waals surface area contributed by atoms with Gasteiger partial charge in [-0.3, -0.25) is 4.79 Å². The Labute approximate surface area is 105 Å². The molecule has 0 aromatic heterocycles. The van der Waals surface area contributed by atoms with Crippen LogP contribution in [0.2, 0.25) is 0 Å². The number of piperidine rings is 1. The highest BCUT2D eigenvalue weighted by Gasteiger charge is 2.40. The Morgan fingerprint density at radius 2 is 2.06 bits per heavy atom. The van der Waals surface area contributed by atoms with Gasteiger partial charge in [-0.1, -0.05) is 19.3 Å². The Hall–Kier alpha value is -1.01. The molecule has 0 radical (unpaired) electrons. The molecule has 0 atom stereocenters. The summed E-state index contributed by atoms with van der Waals surface area (Å²) in [6, 6.07) is 0. The van der Waals surface area contributed by atoms with E-state index in [0.717, 1.165) is 38.8 Å². The predicted molar refractivity (Wildman–Crippen MR) is 70.5 cm³/mol. The van der Waals surface area contributed by atoms with E-state index in [1.165, 1.54) is 0 Å². The van der Waals surface area contributed by atoms with Gasteiger partial charge in [0.2, 0.25) is 5.91 Å². The molecule has 1 fully saturated rings. The van der Waals surface area contributed by atoms with E-state index in [9.17, 15) is 4.79 Å². The second-order valence-electron chi connectivity index (χ2n) is 4.80. The molecule has 1 rings (SSSR count). The maximum atomic E-state index is 12.6. The second-order valence-corrected chi connectivity index (χ2v) is 4.80. The summed E-state index contributed by atoms with van der Waals surface area (Å²) in [7, 11) is 0. The minimum atomic E-state index is -0.160. The lowest BCUT2D eigenvalue weighted by Crippen LogP contribution is -2.49. The third-order valence-electron chi connectivity index (χ3n) is 3.69. The van der Waals surface area contributed by atoms with Crippen LogP contribution in [0.25, 0.3) is 0 Å². The summed E-state index contributed by atoms with van der Waals surface area (Å²) in [6.07, 6.45) is 9.26. The van der Waals surface area contributed by atoms with Gasteiger partial charge >= 0.3 is 0 Å². The molecule has 0 saturated carbocycles. The molecule has 0 aliphatic carbocycles. The molecule has 3 heteroatoms. The number of nitrogens with zero attached hydrogens (tertiary/aromatic N) is 1. The minimum absolute atomic E-state index is 0.160. The first-order valence-electron chi connectivity index (χ1n) is 6.63. The normalized spacial score (nSPS) is 18.4. The van der Waals surface area contributed by atoms with Crippen molar-refractivity contribution < 1.29 is 4.79 Å². The van der Waals surface area contributed by atoms with E-state index in [4.69, 9.17) is 6.42 Å². The van der Waals surface area contributed by atoms with E-state index >= 15 is 0 Å². The molecule has 1 N–H and O–H groups in total. The van der Waals surface area contributed by atoms with Crippen molar-refractivity contribution >= 4 is 5.91 Å². The summed E-state index contributed by atoms with van der Waals surface area (Å²) in [5.74, 6) is 2.85. The average Bonchev–Trinajstić information content (AvgIpc) is 2.36. The van der Waals surface area contributed by atoms with Crippen molar-refractivity contribution in [2.45, 2.75) is 39.5 Å². The quantitative estimate of drug-likeness (QED) is 0.736. The predicted octanol–water partition coefficient (Wildman–Crippen LogP) is 1.64. The Balaban J connectivity index is 2.81. The highest BCUT2D eigenvalue weighted by Crippen LogP contribution is 2.36. The Kier molecular flexibility index (Phi) is 5.50. The van der Waals surface area contributed by atoms with Crippen LogP contribution >= 0.6 is 0 Å². The zero-order chi connectivity index (χ0) is 12.7. The second kappa shape index (κ2) is 6.66. The van der Waals surface area contributed by atoms with Gasteiger partial charge in [-0.2, -0.15) is 0 Å². The van der Waals surface area contributed by atoms with Gasteiger partial charge in [0.1, 0.15) is 0 Å². The van der Waals surface area contributed by atoms with Crippen LogP contribution in [-0.4, -0.2) is 37.0 Å². The van der Waals surface area contributed by atoms with Gasteiger partial charge in [-0.15, -0.1) is 6.42 Å². The lowest BCUT2D eigenvalue weighted by molar-refractivity contribution is -0.143. The van der Waals surface area contributed by atoms with Gasteiger partial charge in [-0.25, -0.2) is 0 Å². The third-order valence-corrected chi connectivity index (χ3v) is 3.69. The molecule has 1 saturated heterocycles. The minimum Gasteiger partial charge on any atom is -0.331 e. The first-order valence-corrected chi connectivity index (χ1v) is 6.63. The Morgan fingerprint density at radius 1 is 1.41 bits per heavy atom. The van der Waals surface area contributed by atoms with Crippen LogP contribution in [0.4, 0.5) is 0 Å². The van der Waals surface area contributed by atoms with E-state index in [1.807, 2.05) is 11.8 Å². The van der Waals surface area contributed by atoms with Gasteiger partial charge in [0.15, 0.2) is 0 Å². The standard InChI is InChI=1S/C14H24N2O/c1-4-7-14(8-10-15-11-9-14)13(17)16(6-3)12-5-2/h2,15H,4,6-12H2,1,3H3. The van der Waals surface area contributed by atoms with Crippen molar-refractivity contribution in [3.63, 3.8) is 0 Å². The van der Waals surface area contributed by atoms with Crippen molar-refractivity contribution in [3.05, 3.63) is 0 Å². The Bertz CT molecular complexity index is 282. The number of amides is 1. The maximum Gasteiger partial charge on any atom is 0.229 e. The van der Waals surface area contributed by atoms with Gasteiger partial charge < -0.3 is 10.2 Å². The molecule has 0 aromatic carbocycles. The molecular weight excluding hydrogens is 212 g/mol. The maximum absolute atomic E-state index is 12.6. The van der Waals surface area contributed by atoms with Crippen molar-refractivity contribution in [1.82, 2.24) is 10.2 Å². The largest absolute Gasteiger partial charge is 0.331 e. The fourth-order valence-corrected chi connectivity index (χ4v) is 2.73. The van der Waals surface area contributed by atoms with Crippen LogP contribution in [0.3, 0.4) is 0 Å². The number of carbonyl (C=O) groups excluding carboxylic acids is 1. The molecule has 1 amide bonds. The van der Waals surface area contributed by atoms with Crippen molar-refractivity contribution in [2.75, 3.05) is 26.2 Å². The number of rotatable bonds is 5. The van der Waals surface area contributed by atoms with Gasteiger partial charge in [-0.05, 0) is 39.3 Å². The highest BCUT2D eigenvalue weighted by molar-refractivity contribution is 5.83. The van der Waals surface area contributed by atoms with Crippen LogP contribution in [-0.2, 0) is 4.79 Å². The van der Waals surface area contributed by atoms with Crippen LogP contribution in [0, 0.1) is 17.8 Å². The molecule has 1 aliphatic rings. The fourth-order valence-electron chi connectivity index (χ4n) is 2.73. The summed E-state index contributed by atoms with van der Waals surface area (Å²) >= 11 is 0. The van der Waals surface area contributed by atoms with E-state index in [2.05, 4.69) is 18.2 Å². The molecular formula is C14H24N2O. The fraction of sp³-hybridized carbons (Fsp3) is 0.786. The van der Waals surface area contributed by atoms with E-state index in [0.29, 0.717) is 13.1 Å². The Morgan fingerprint density at radius 3 is 2.53 bits per heavy atom. The third kappa shape index (κ3) is 3.23. The molecule has 0 spiro atoms. The summed E-state index contributed by atoms with van der Waals surface area (Å²) in [5.41, 5.74) is -0.160. The lowest BCUT2D eigenvalue weighted by Gasteiger charge is -2.39. The van der Waals surface area contributed by atoms with Gasteiger partial charge in [0.25, 0.3) is 0 Å². The first kappa shape index (κ1) is 14.1. The van der Waals surface area contributed by atoms with E-state index in [-0.39, 0.29) is 11.3 Å².